The topological polar surface area (TPSA) is 51.8 Å². The summed E-state index contributed by atoms with van der Waals surface area (Å²) < 4.78 is 73.8. The van der Waals surface area contributed by atoms with Crippen LogP contribution in [0.2, 0.25) is 0 Å². The van der Waals surface area contributed by atoms with Gasteiger partial charge in [-0.05, 0) is 66.7 Å². The standard InChI is InChI=1S/C20H17N2O.C18H21FN.Ir/c1-12(2)14-9-10-21-18(11-14)17-6-4-5-15-16-8-7-13(3)22-20(16)23-19(15)17;1-12-6-7-15(16(19)8-12)17-9-14(10-18(3,4)5)13(2)11-20-17;/h4-5,7-12H,1-3H3;6,8-9,11H,10H2,1-5H3;/q2*-1;/i12D;1D3,2D3;. The monoisotopic (exact) mass is 771 g/mol. The van der Waals surface area contributed by atoms with Gasteiger partial charge in [0.05, 0.1) is 5.58 Å². The summed E-state index contributed by atoms with van der Waals surface area (Å²) in [5.41, 5.74) is 5.37. The molecule has 0 unspecified atom stereocenters. The van der Waals surface area contributed by atoms with Gasteiger partial charge in [-0.1, -0.05) is 81.2 Å². The number of benzene rings is 2. The fraction of sp³-hybridized carbons (Fsp3) is 0.289. The molecule has 4 heterocycles. The molecule has 0 saturated carbocycles. The third kappa shape index (κ3) is 7.49. The number of rotatable bonds is 4. The van der Waals surface area contributed by atoms with Crippen LogP contribution in [0.1, 0.15) is 78.1 Å². The van der Waals surface area contributed by atoms with E-state index in [1.807, 2.05) is 77.9 Å². The number of nitrogens with zero attached hydrogens (tertiary/aromatic N) is 3. The summed E-state index contributed by atoms with van der Waals surface area (Å²) in [6.45, 7) is 6.87. The molecule has 0 aliphatic rings. The molecule has 6 aromatic rings. The zero-order valence-electron chi connectivity index (χ0n) is 32.5. The summed E-state index contributed by atoms with van der Waals surface area (Å²) >= 11 is 0. The molecule has 0 amide bonds. The van der Waals surface area contributed by atoms with Crippen molar-refractivity contribution in [1.29, 1.82) is 0 Å². The molecule has 4 aromatic heterocycles. The molecule has 0 atom stereocenters. The summed E-state index contributed by atoms with van der Waals surface area (Å²) in [6.07, 6.45) is 3.46. The van der Waals surface area contributed by atoms with Gasteiger partial charge in [0.2, 0.25) is 5.71 Å². The molecule has 229 valence electrons. The van der Waals surface area contributed by atoms with Crippen LogP contribution < -0.4 is 0 Å². The molecule has 0 saturated heterocycles. The second-order valence-corrected chi connectivity index (χ2v) is 12.0. The van der Waals surface area contributed by atoms with Crippen molar-refractivity contribution in [1.82, 2.24) is 15.0 Å². The van der Waals surface area contributed by atoms with Crippen LogP contribution in [-0.2, 0) is 26.5 Å². The Morgan fingerprint density at radius 3 is 2.48 bits per heavy atom. The predicted octanol–water partition coefficient (Wildman–Crippen LogP) is 10.2. The molecule has 0 N–H and O–H groups in total. The number of halogens is 1. The number of fused-ring (bicyclic) bond motifs is 3. The Morgan fingerprint density at radius 2 is 1.77 bits per heavy atom. The Hall–Kier alpha value is -3.73. The number of aryl methyl sites for hydroxylation is 3. The molecular weight excluding hydrogens is 726 g/mol. The molecular formula is C38H38FIrN3O-2. The quantitative estimate of drug-likeness (QED) is 0.168. The largest absolute Gasteiger partial charge is 0.486 e. The van der Waals surface area contributed by atoms with Gasteiger partial charge in [-0.25, -0.2) is 4.98 Å². The van der Waals surface area contributed by atoms with Gasteiger partial charge in [0.25, 0.3) is 0 Å². The van der Waals surface area contributed by atoms with Gasteiger partial charge in [-0.3, -0.25) is 4.39 Å². The van der Waals surface area contributed by atoms with Crippen molar-refractivity contribution < 1.29 is 38.5 Å². The van der Waals surface area contributed by atoms with Gasteiger partial charge in [-0.2, -0.15) is 0 Å². The van der Waals surface area contributed by atoms with E-state index in [1.165, 1.54) is 12.3 Å². The molecule has 0 aliphatic carbocycles. The summed E-state index contributed by atoms with van der Waals surface area (Å²) in [7, 11) is 0. The Kier molecular flexibility index (Phi) is 7.54. The molecule has 0 aliphatic heterocycles. The van der Waals surface area contributed by atoms with Crippen molar-refractivity contribution in [2.45, 2.75) is 67.6 Å². The van der Waals surface area contributed by atoms with Crippen LogP contribution in [0.5, 0.6) is 0 Å². The van der Waals surface area contributed by atoms with Gasteiger partial charge in [0.1, 0.15) is 0 Å². The smallest absolute Gasteiger partial charge is 0.216 e. The molecule has 4 nitrogen and oxygen atoms in total. The van der Waals surface area contributed by atoms with Crippen molar-refractivity contribution in [2.75, 3.05) is 0 Å². The van der Waals surface area contributed by atoms with Crippen LogP contribution in [0.15, 0.2) is 71.4 Å². The van der Waals surface area contributed by atoms with E-state index in [9.17, 15) is 4.39 Å². The van der Waals surface area contributed by atoms with E-state index in [-0.39, 0.29) is 47.9 Å². The molecule has 1 radical (unpaired) electrons. The van der Waals surface area contributed by atoms with Crippen LogP contribution in [0.4, 0.5) is 4.39 Å². The number of hydrogen-bond acceptors (Lipinski definition) is 4. The average molecular weight is 771 g/mol. The van der Waals surface area contributed by atoms with E-state index in [0.717, 1.165) is 44.9 Å². The van der Waals surface area contributed by atoms with E-state index >= 15 is 0 Å². The van der Waals surface area contributed by atoms with Gasteiger partial charge in [0, 0.05) is 59.0 Å². The van der Waals surface area contributed by atoms with E-state index in [2.05, 4.69) is 27.1 Å². The molecule has 6 heteroatoms. The first-order chi connectivity index (χ1) is 23.1. The van der Waals surface area contributed by atoms with Crippen molar-refractivity contribution in [2.24, 2.45) is 5.41 Å². The van der Waals surface area contributed by atoms with Crippen molar-refractivity contribution in [3.05, 3.63) is 113 Å². The third-order valence-corrected chi connectivity index (χ3v) is 6.89. The maximum atomic E-state index is 14.4. The van der Waals surface area contributed by atoms with E-state index < -0.39 is 25.4 Å². The minimum atomic E-state index is -2.42. The van der Waals surface area contributed by atoms with Crippen LogP contribution in [-0.4, -0.2) is 15.0 Å². The maximum absolute atomic E-state index is 14.4. The average Bonchev–Trinajstić information content (AvgIpc) is 3.37. The first kappa shape index (κ1) is 24.6. The van der Waals surface area contributed by atoms with E-state index in [0.29, 0.717) is 17.7 Å². The summed E-state index contributed by atoms with van der Waals surface area (Å²) in [6, 6.07) is 21.3. The number of furan rings is 1. The minimum absolute atomic E-state index is 0. The van der Waals surface area contributed by atoms with Gasteiger partial charge in [-0.15, -0.1) is 42.0 Å². The SMILES string of the molecule is [2H]C(C)(C)c1ccnc(-c2[c-]ccc3c2oc2nc(C)ccc23)c1.[2H]C([2H])([2H])c1c[c-]c(-c2cc(CC(C)(C)C)c(C([2H])([2H])[2H])cn2)c(F)c1.[Ir]. The zero-order valence-corrected chi connectivity index (χ0v) is 27.9. The second-order valence-electron chi connectivity index (χ2n) is 12.0. The Labute approximate surface area is 283 Å². The maximum Gasteiger partial charge on any atom is 0.216 e. The van der Waals surface area contributed by atoms with Gasteiger partial charge < -0.3 is 14.4 Å². The first-order valence-corrected chi connectivity index (χ1v) is 14.0. The first-order valence-electron chi connectivity index (χ1n) is 17.5. The third-order valence-electron chi connectivity index (χ3n) is 6.89. The van der Waals surface area contributed by atoms with Crippen molar-refractivity contribution in [3.63, 3.8) is 0 Å². The molecule has 0 spiro atoms. The predicted molar refractivity (Wildman–Crippen MR) is 174 cm³/mol. The molecule has 2 aromatic carbocycles. The van der Waals surface area contributed by atoms with Crippen LogP contribution in [0.25, 0.3) is 44.6 Å². The molecule has 6 rings (SSSR count). The van der Waals surface area contributed by atoms with Gasteiger partial charge >= 0.3 is 0 Å². The summed E-state index contributed by atoms with van der Waals surface area (Å²) in [4.78, 5) is 13.0. The number of pyridine rings is 3. The summed E-state index contributed by atoms with van der Waals surface area (Å²) in [5.74, 6) is -1.44. The Bertz CT molecular complexity index is 2180. The Balaban J connectivity index is 0.000000225. The van der Waals surface area contributed by atoms with Gasteiger partial charge in [0.15, 0.2) is 0 Å². The summed E-state index contributed by atoms with van der Waals surface area (Å²) in [5, 5.41) is 1.99. The second kappa shape index (κ2) is 13.5. The van der Waals surface area contributed by atoms with Crippen LogP contribution in [0, 0.1) is 44.0 Å². The normalized spacial score (nSPS) is 14.6. The number of aromatic nitrogens is 3. The number of hydrogen-bond donors (Lipinski definition) is 0. The van der Waals surface area contributed by atoms with Crippen molar-refractivity contribution in [3.8, 4) is 22.5 Å². The van der Waals surface area contributed by atoms with Crippen molar-refractivity contribution >= 4 is 22.1 Å². The minimum Gasteiger partial charge on any atom is -0.486 e. The Morgan fingerprint density at radius 1 is 0.977 bits per heavy atom. The fourth-order valence-corrected chi connectivity index (χ4v) is 4.80. The van der Waals surface area contributed by atoms with E-state index in [4.69, 9.17) is 14.0 Å². The molecule has 44 heavy (non-hydrogen) atoms. The van der Waals surface area contributed by atoms with Crippen LogP contribution >= 0.6 is 0 Å². The zero-order chi connectivity index (χ0) is 36.8. The van der Waals surface area contributed by atoms with E-state index in [1.54, 1.807) is 12.3 Å². The molecule has 0 fully saturated rings. The fourth-order valence-electron chi connectivity index (χ4n) is 4.80. The molecule has 0 bridgehead atoms. The van der Waals surface area contributed by atoms with Crippen LogP contribution in [0.3, 0.4) is 0 Å².